The molecule has 6 heterocycles. The zero-order chi connectivity index (χ0) is 23.1. The maximum absolute atomic E-state index is 5.90. The van der Waals surface area contributed by atoms with Crippen LogP contribution in [0, 0.1) is 13.8 Å². The Morgan fingerprint density at radius 3 is 2.47 bits per heavy atom. The van der Waals surface area contributed by atoms with Gasteiger partial charge < -0.3 is 29.4 Å². The molecular formula is C24H26N8O2. The highest BCUT2D eigenvalue weighted by molar-refractivity contribution is 5.66. The maximum Gasteiger partial charge on any atom is 0.232 e. The Morgan fingerprint density at radius 2 is 1.68 bits per heavy atom. The minimum Gasteiger partial charge on any atom is -0.371 e. The van der Waals surface area contributed by atoms with Crippen LogP contribution in [-0.2, 0) is 9.47 Å². The molecule has 0 amide bonds. The molecule has 34 heavy (non-hydrogen) atoms. The molecule has 2 atom stereocenters. The zero-order valence-electron chi connectivity index (χ0n) is 19.1. The van der Waals surface area contributed by atoms with Crippen molar-refractivity contribution in [3.63, 3.8) is 0 Å². The first kappa shape index (κ1) is 20.8. The normalized spacial score (nSPS) is 19.9. The van der Waals surface area contributed by atoms with Gasteiger partial charge in [-0.15, -0.1) is 0 Å². The predicted octanol–water partition coefficient (Wildman–Crippen LogP) is 3.23. The van der Waals surface area contributed by atoms with Gasteiger partial charge in [0.2, 0.25) is 5.95 Å². The lowest BCUT2D eigenvalue weighted by atomic mass is 10.2. The molecule has 10 nitrogen and oxygen atoms in total. The molecule has 2 N–H and O–H groups in total. The van der Waals surface area contributed by atoms with Crippen LogP contribution in [-0.4, -0.2) is 62.8 Å². The van der Waals surface area contributed by atoms with Gasteiger partial charge in [0.15, 0.2) is 0 Å². The fourth-order valence-electron chi connectivity index (χ4n) is 4.52. The largest absolute Gasteiger partial charge is 0.371 e. The summed E-state index contributed by atoms with van der Waals surface area (Å²) in [6.07, 6.45) is 5.77. The zero-order valence-corrected chi connectivity index (χ0v) is 19.1. The number of anilines is 5. The van der Waals surface area contributed by atoms with E-state index in [1.54, 1.807) is 6.20 Å². The Morgan fingerprint density at radius 1 is 0.882 bits per heavy atom. The standard InChI is InChI=1S/C24H26N8O2/c1-15-9-16(2)26-20(10-15)28-24-29-21(27-17-3-5-31-6-4-25-22(31)11-17)12-23(30-24)32-13-18-19(14-32)34-8-7-33-18/h3-6,9-12,18-19H,7-8,13-14H2,1-2H3,(H2,26,27,28,29,30)/t18-,19+. The van der Waals surface area contributed by atoms with E-state index >= 15 is 0 Å². The number of imidazole rings is 1. The van der Waals surface area contributed by atoms with Crippen LogP contribution in [0.5, 0.6) is 0 Å². The molecule has 0 radical (unpaired) electrons. The van der Waals surface area contributed by atoms with Crippen LogP contribution in [0.3, 0.4) is 0 Å². The van der Waals surface area contributed by atoms with Crippen LogP contribution in [0.2, 0.25) is 0 Å². The minimum absolute atomic E-state index is 0.0560. The van der Waals surface area contributed by atoms with Crippen molar-refractivity contribution >= 4 is 34.7 Å². The van der Waals surface area contributed by atoms with Crippen molar-refractivity contribution in [2.24, 2.45) is 0 Å². The van der Waals surface area contributed by atoms with Crippen LogP contribution in [0.4, 0.5) is 29.1 Å². The Balaban J connectivity index is 1.33. The molecule has 6 rings (SSSR count). The number of nitrogens with zero attached hydrogens (tertiary/aromatic N) is 6. The molecule has 4 aromatic heterocycles. The third kappa shape index (κ3) is 4.25. The number of fused-ring (bicyclic) bond motifs is 2. The first-order valence-electron chi connectivity index (χ1n) is 11.4. The van der Waals surface area contributed by atoms with E-state index in [-0.39, 0.29) is 12.2 Å². The number of rotatable bonds is 5. The highest BCUT2D eigenvalue weighted by Gasteiger charge is 2.37. The van der Waals surface area contributed by atoms with E-state index in [1.165, 1.54) is 0 Å². The van der Waals surface area contributed by atoms with Crippen molar-refractivity contribution in [2.75, 3.05) is 41.8 Å². The molecule has 4 aromatic rings. The number of aromatic nitrogens is 5. The molecule has 0 aliphatic carbocycles. The maximum atomic E-state index is 5.90. The Labute approximate surface area is 197 Å². The monoisotopic (exact) mass is 458 g/mol. The van der Waals surface area contributed by atoms with Gasteiger partial charge in [-0.1, -0.05) is 0 Å². The lowest BCUT2D eigenvalue weighted by Gasteiger charge is -2.24. The summed E-state index contributed by atoms with van der Waals surface area (Å²) in [6.45, 7) is 6.73. The van der Waals surface area contributed by atoms with Gasteiger partial charge in [0.25, 0.3) is 0 Å². The predicted molar refractivity (Wildman–Crippen MR) is 129 cm³/mol. The molecule has 0 unspecified atom stereocenters. The summed E-state index contributed by atoms with van der Waals surface area (Å²) in [5, 5.41) is 6.69. The van der Waals surface area contributed by atoms with Gasteiger partial charge in [-0.2, -0.15) is 9.97 Å². The second-order valence-electron chi connectivity index (χ2n) is 8.69. The molecule has 2 fully saturated rings. The average molecular weight is 459 g/mol. The van der Waals surface area contributed by atoms with Crippen LogP contribution < -0.4 is 15.5 Å². The fraction of sp³-hybridized carbons (Fsp3) is 0.333. The first-order valence-corrected chi connectivity index (χ1v) is 11.4. The van der Waals surface area contributed by atoms with E-state index in [9.17, 15) is 0 Å². The van der Waals surface area contributed by atoms with Crippen molar-refractivity contribution in [3.05, 3.63) is 60.2 Å². The number of nitrogens with one attached hydrogen (secondary N) is 2. The van der Waals surface area contributed by atoms with Crippen LogP contribution in [0.25, 0.3) is 5.65 Å². The summed E-state index contributed by atoms with van der Waals surface area (Å²) < 4.78 is 13.8. The van der Waals surface area contributed by atoms with E-state index in [4.69, 9.17) is 19.4 Å². The third-order valence-corrected chi connectivity index (χ3v) is 6.01. The summed E-state index contributed by atoms with van der Waals surface area (Å²) in [4.78, 5) is 20.7. The van der Waals surface area contributed by atoms with E-state index in [2.05, 4.69) is 25.5 Å². The van der Waals surface area contributed by atoms with Gasteiger partial charge in [-0.3, -0.25) is 0 Å². The van der Waals surface area contributed by atoms with Gasteiger partial charge in [0.05, 0.1) is 13.2 Å². The molecule has 0 aromatic carbocycles. The molecule has 0 saturated carbocycles. The van der Waals surface area contributed by atoms with Crippen molar-refractivity contribution in [1.29, 1.82) is 0 Å². The number of hydrogen-bond donors (Lipinski definition) is 2. The van der Waals surface area contributed by atoms with Crippen LogP contribution in [0.15, 0.2) is 48.9 Å². The second kappa shape index (κ2) is 8.54. The summed E-state index contributed by atoms with van der Waals surface area (Å²) in [5.74, 6) is 2.65. The lowest BCUT2D eigenvalue weighted by molar-refractivity contribution is -0.116. The molecule has 0 spiro atoms. The van der Waals surface area contributed by atoms with Crippen molar-refractivity contribution < 1.29 is 9.47 Å². The van der Waals surface area contributed by atoms with E-state index < -0.39 is 0 Å². The molecule has 2 saturated heterocycles. The smallest absolute Gasteiger partial charge is 0.232 e. The molecular weight excluding hydrogens is 432 g/mol. The number of aryl methyl sites for hydroxylation is 2. The molecule has 0 bridgehead atoms. The van der Waals surface area contributed by atoms with Gasteiger partial charge in [0, 0.05) is 55.2 Å². The summed E-state index contributed by atoms with van der Waals surface area (Å²) in [6, 6.07) is 9.93. The highest BCUT2D eigenvalue weighted by atomic mass is 16.6. The minimum atomic E-state index is 0.0560. The average Bonchev–Trinajstić information content (AvgIpc) is 3.45. The van der Waals surface area contributed by atoms with Gasteiger partial charge in [-0.25, -0.2) is 9.97 Å². The third-order valence-electron chi connectivity index (χ3n) is 6.01. The first-order chi connectivity index (χ1) is 16.6. The number of pyridine rings is 2. The molecule has 2 aliphatic rings. The van der Waals surface area contributed by atoms with E-state index in [0.29, 0.717) is 30.8 Å². The summed E-state index contributed by atoms with van der Waals surface area (Å²) >= 11 is 0. The number of ether oxygens (including phenoxy) is 2. The fourth-order valence-corrected chi connectivity index (χ4v) is 4.52. The van der Waals surface area contributed by atoms with E-state index in [0.717, 1.165) is 41.5 Å². The van der Waals surface area contributed by atoms with Crippen molar-refractivity contribution in [3.8, 4) is 0 Å². The summed E-state index contributed by atoms with van der Waals surface area (Å²) in [7, 11) is 0. The topological polar surface area (TPSA) is 102 Å². The van der Waals surface area contributed by atoms with Crippen molar-refractivity contribution in [2.45, 2.75) is 26.1 Å². The van der Waals surface area contributed by atoms with Crippen LogP contribution in [0.1, 0.15) is 11.3 Å². The lowest BCUT2D eigenvalue weighted by Crippen LogP contribution is -2.36. The summed E-state index contributed by atoms with van der Waals surface area (Å²) in [5.41, 5.74) is 3.80. The SMILES string of the molecule is Cc1cc(C)nc(Nc2nc(Nc3ccn4ccnc4c3)cc(N3C[C@@H]4OCCO[C@@H]4C3)n2)c1. The Hall–Kier alpha value is -3.76. The van der Waals surface area contributed by atoms with Crippen LogP contribution >= 0.6 is 0 Å². The van der Waals surface area contributed by atoms with Gasteiger partial charge in [-0.05, 0) is 37.6 Å². The Bertz CT molecular complexity index is 1310. The van der Waals surface area contributed by atoms with Gasteiger partial charge >= 0.3 is 0 Å². The van der Waals surface area contributed by atoms with Gasteiger partial charge in [0.1, 0.15) is 35.3 Å². The molecule has 2 aliphatic heterocycles. The van der Waals surface area contributed by atoms with E-state index in [1.807, 2.05) is 61.0 Å². The number of hydrogen-bond acceptors (Lipinski definition) is 9. The molecule has 10 heteroatoms. The molecule has 174 valence electrons. The quantitative estimate of drug-likeness (QED) is 0.467. The Kier molecular flexibility index (Phi) is 5.23. The van der Waals surface area contributed by atoms with Crippen molar-refractivity contribution in [1.82, 2.24) is 24.3 Å². The highest BCUT2D eigenvalue weighted by Crippen LogP contribution is 2.29. The second-order valence-corrected chi connectivity index (χ2v) is 8.69.